The Labute approximate surface area is 159 Å². The average molecular weight is 367 g/mol. The van der Waals surface area contributed by atoms with E-state index in [-0.39, 0.29) is 11.1 Å². The first-order valence-corrected chi connectivity index (χ1v) is 10.0. The van der Waals surface area contributed by atoms with Gasteiger partial charge in [0.25, 0.3) is 5.91 Å². The topological polar surface area (TPSA) is 42.0 Å². The van der Waals surface area contributed by atoms with E-state index in [2.05, 4.69) is 22.4 Å². The zero-order valence-corrected chi connectivity index (χ0v) is 15.5. The Morgan fingerprint density at radius 2 is 1.62 bits per heavy atom. The van der Waals surface area contributed by atoms with Crippen LogP contribution in [0.3, 0.4) is 0 Å². The molecule has 2 aromatic rings. The van der Waals surface area contributed by atoms with Crippen molar-refractivity contribution in [2.75, 3.05) is 5.32 Å². The molecule has 0 spiro atoms. The Morgan fingerprint density at radius 1 is 1.00 bits per heavy atom. The van der Waals surface area contributed by atoms with Gasteiger partial charge in [-0.05, 0) is 91.5 Å². The summed E-state index contributed by atoms with van der Waals surface area (Å²) in [6.07, 6.45) is 10.0. The lowest BCUT2D eigenvalue weighted by Crippen LogP contribution is -2.48. The molecule has 1 aromatic carbocycles. The monoisotopic (exact) mass is 366 g/mol. The van der Waals surface area contributed by atoms with Gasteiger partial charge < -0.3 is 5.32 Å². The normalized spacial score (nSPS) is 31.8. The lowest BCUT2D eigenvalue weighted by Gasteiger charge is -2.57. The molecular weight excluding hydrogens is 344 g/mol. The van der Waals surface area contributed by atoms with E-state index in [1.165, 1.54) is 44.1 Å². The first-order chi connectivity index (χ1) is 12.6. The molecule has 4 heteroatoms. The van der Waals surface area contributed by atoms with Gasteiger partial charge in [-0.15, -0.1) is 0 Å². The van der Waals surface area contributed by atoms with Crippen LogP contribution >= 0.6 is 11.6 Å². The van der Waals surface area contributed by atoms with Crippen molar-refractivity contribution in [2.24, 2.45) is 17.8 Å². The minimum absolute atomic E-state index is 0.217. The minimum atomic E-state index is -0.217. The van der Waals surface area contributed by atoms with Gasteiger partial charge in [0.15, 0.2) is 0 Å². The average Bonchev–Trinajstić information content (AvgIpc) is 2.61. The molecule has 4 fully saturated rings. The van der Waals surface area contributed by atoms with Crippen LogP contribution in [0.4, 0.5) is 5.69 Å². The Hall–Kier alpha value is -1.87. The van der Waals surface area contributed by atoms with Crippen molar-refractivity contribution < 1.29 is 4.79 Å². The Bertz CT molecular complexity index is 810. The highest BCUT2D eigenvalue weighted by Gasteiger charge is 2.51. The molecule has 4 aliphatic rings. The van der Waals surface area contributed by atoms with E-state index in [1.807, 2.05) is 12.1 Å². The van der Waals surface area contributed by atoms with E-state index in [1.54, 1.807) is 18.3 Å². The van der Waals surface area contributed by atoms with E-state index in [9.17, 15) is 4.79 Å². The summed E-state index contributed by atoms with van der Waals surface area (Å²) in [5.41, 5.74) is 3.07. The van der Waals surface area contributed by atoms with E-state index in [4.69, 9.17) is 11.6 Å². The van der Waals surface area contributed by atoms with Gasteiger partial charge in [-0.3, -0.25) is 4.79 Å². The molecule has 0 atom stereocenters. The summed E-state index contributed by atoms with van der Waals surface area (Å²) >= 11 is 6.02. The molecule has 4 bridgehead atoms. The fraction of sp³-hybridized carbons (Fsp3) is 0.455. The lowest BCUT2D eigenvalue weighted by atomic mass is 9.48. The number of hydrogen-bond acceptors (Lipinski definition) is 2. The van der Waals surface area contributed by atoms with Crippen LogP contribution in [0.15, 0.2) is 42.6 Å². The van der Waals surface area contributed by atoms with E-state index < -0.39 is 0 Å². The molecule has 1 aromatic heterocycles. The Morgan fingerprint density at radius 3 is 2.19 bits per heavy atom. The van der Waals surface area contributed by atoms with Crippen molar-refractivity contribution in [3.8, 4) is 0 Å². The number of amides is 1. The van der Waals surface area contributed by atoms with Gasteiger partial charge in [0.05, 0.1) is 5.56 Å². The number of carbonyl (C=O) groups is 1. The highest BCUT2D eigenvalue weighted by molar-refractivity contribution is 6.33. The number of pyridine rings is 1. The summed E-state index contributed by atoms with van der Waals surface area (Å²) in [5, 5.41) is 3.17. The maximum atomic E-state index is 12.4. The second kappa shape index (κ2) is 6.09. The lowest BCUT2D eigenvalue weighted by molar-refractivity contribution is -0.00518. The van der Waals surface area contributed by atoms with E-state index in [0.717, 1.165) is 23.4 Å². The zero-order valence-electron chi connectivity index (χ0n) is 14.7. The molecule has 4 aliphatic carbocycles. The summed E-state index contributed by atoms with van der Waals surface area (Å²) in [6, 6.07) is 11.9. The van der Waals surface area contributed by atoms with Gasteiger partial charge in [0, 0.05) is 11.9 Å². The number of nitrogens with one attached hydrogen (secondary N) is 1. The largest absolute Gasteiger partial charge is 0.322 e. The highest BCUT2D eigenvalue weighted by Crippen LogP contribution is 2.60. The van der Waals surface area contributed by atoms with Gasteiger partial charge in [-0.2, -0.15) is 0 Å². The van der Waals surface area contributed by atoms with Gasteiger partial charge in [0.2, 0.25) is 0 Å². The highest BCUT2D eigenvalue weighted by atomic mass is 35.5. The molecule has 1 heterocycles. The molecule has 26 heavy (non-hydrogen) atoms. The molecule has 3 nitrogen and oxygen atoms in total. The fourth-order valence-corrected chi connectivity index (χ4v) is 6.33. The van der Waals surface area contributed by atoms with E-state index >= 15 is 0 Å². The number of benzene rings is 1. The van der Waals surface area contributed by atoms with Crippen molar-refractivity contribution in [3.05, 3.63) is 58.9 Å². The number of anilines is 1. The maximum Gasteiger partial charge on any atom is 0.258 e. The minimum Gasteiger partial charge on any atom is -0.322 e. The number of carbonyl (C=O) groups excluding carboxylic acids is 1. The van der Waals surface area contributed by atoms with Gasteiger partial charge in [-0.1, -0.05) is 23.7 Å². The Kier molecular flexibility index (Phi) is 3.82. The van der Waals surface area contributed by atoms with Crippen LogP contribution in [0.2, 0.25) is 5.15 Å². The van der Waals surface area contributed by atoms with Crippen LogP contribution in [0, 0.1) is 17.8 Å². The zero-order chi connectivity index (χ0) is 17.7. The molecule has 0 aliphatic heterocycles. The predicted octanol–water partition coefficient (Wildman–Crippen LogP) is 5.46. The van der Waals surface area contributed by atoms with Crippen molar-refractivity contribution in [1.82, 2.24) is 4.98 Å². The summed E-state index contributed by atoms with van der Waals surface area (Å²) in [5.74, 6) is 2.60. The predicted molar refractivity (Wildman–Crippen MR) is 103 cm³/mol. The van der Waals surface area contributed by atoms with Crippen LogP contribution in [-0.4, -0.2) is 10.9 Å². The second-order valence-corrected chi connectivity index (χ2v) is 8.93. The first-order valence-electron chi connectivity index (χ1n) is 9.64. The van der Waals surface area contributed by atoms with Crippen molar-refractivity contribution >= 4 is 23.2 Å². The third-order valence-corrected chi connectivity index (χ3v) is 7.10. The summed E-state index contributed by atoms with van der Waals surface area (Å²) < 4.78 is 0. The number of hydrogen-bond donors (Lipinski definition) is 1. The quantitative estimate of drug-likeness (QED) is 0.733. The maximum absolute atomic E-state index is 12.4. The fourth-order valence-electron chi connectivity index (χ4n) is 6.13. The third kappa shape index (κ3) is 2.73. The smallest absolute Gasteiger partial charge is 0.258 e. The number of aromatic nitrogens is 1. The third-order valence-electron chi connectivity index (χ3n) is 6.80. The Balaban J connectivity index is 1.35. The molecule has 6 rings (SSSR count). The van der Waals surface area contributed by atoms with E-state index in [0.29, 0.717) is 11.0 Å². The summed E-state index contributed by atoms with van der Waals surface area (Å²) in [6.45, 7) is 0. The molecule has 0 saturated heterocycles. The molecule has 4 saturated carbocycles. The summed E-state index contributed by atoms with van der Waals surface area (Å²) in [7, 11) is 0. The summed E-state index contributed by atoms with van der Waals surface area (Å²) in [4.78, 5) is 16.4. The molecule has 0 unspecified atom stereocenters. The van der Waals surface area contributed by atoms with Gasteiger partial charge >= 0.3 is 0 Å². The van der Waals surface area contributed by atoms with Crippen LogP contribution in [0.5, 0.6) is 0 Å². The van der Waals surface area contributed by atoms with Crippen LogP contribution in [0.1, 0.15) is 54.4 Å². The molecule has 1 amide bonds. The number of rotatable bonds is 3. The van der Waals surface area contributed by atoms with Crippen LogP contribution < -0.4 is 5.32 Å². The second-order valence-electron chi connectivity index (χ2n) is 8.57. The SMILES string of the molecule is O=C(Nc1ccc(C23CC4CC(CC(C4)C2)C3)cc1)c1cccnc1Cl. The molecule has 1 N–H and O–H groups in total. The standard InChI is InChI=1S/C22H23ClN2O/c23-20-19(2-1-7-24-20)21(26)25-18-5-3-17(4-6-18)22-11-14-8-15(12-22)10-16(9-14)13-22/h1-7,14-16H,8-13H2,(H,25,26). The molecule has 0 radical (unpaired) electrons. The van der Waals surface area contributed by atoms with Gasteiger partial charge in [0.1, 0.15) is 5.15 Å². The molecule has 134 valence electrons. The van der Waals surface area contributed by atoms with Gasteiger partial charge in [-0.25, -0.2) is 4.98 Å². The van der Waals surface area contributed by atoms with Crippen LogP contribution in [0.25, 0.3) is 0 Å². The van der Waals surface area contributed by atoms with Crippen molar-refractivity contribution in [3.63, 3.8) is 0 Å². The number of nitrogens with zero attached hydrogens (tertiary/aromatic N) is 1. The first kappa shape index (κ1) is 16.3. The molecular formula is C22H23ClN2O. The van der Waals surface area contributed by atoms with Crippen LogP contribution in [-0.2, 0) is 5.41 Å². The van der Waals surface area contributed by atoms with Crippen molar-refractivity contribution in [1.29, 1.82) is 0 Å². The van der Waals surface area contributed by atoms with Crippen molar-refractivity contribution in [2.45, 2.75) is 43.9 Å². The number of halogens is 1.